The third kappa shape index (κ3) is 7.23. The van der Waals surface area contributed by atoms with E-state index in [1.165, 1.54) is 0 Å². The molecule has 100 valence electrons. The van der Waals surface area contributed by atoms with Crippen LogP contribution >= 0.6 is 11.8 Å². The molecule has 0 aromatic heterocycles. The molecule has 0 aromatic carbocycles. The Morgan fingerprint density at radius 1 is 1.35 bits per heavy atom. The van der Waals surface area contributed by atoms with Gasteiger partial charge in [-0.25, -0.2) is 0 Å². The van der Waals surface area contributed by atoms with Crippen molar-refractivity contribution in [2.45, 2.75) is 38.8 Å². The average molecular weight is 261 g/mol. The van der Waals surface area contributed by atoms with Crippen molar-refractivity contribution >= 4 is 23.6 Å². The van der Waals surface area contributed by atoms with Crippen LogP contribution in [0.2, 0.25) is 0 Å². The van der Waals surface area contributed by atoms with E-state index in [0.29, 0.717) is 18.8 Å². The van der Waals surface area contributed by atoms with E-state index < -0.39 is 18.0 Å². The molecule has 0 aromatic rings. The lowest BCUT2D eigenvalue weighted by Crippen LogP contribution is -2.50. The van der Waals surface area contributed by atoms with Gasteiger partial charge in [-0.05, 0) is 30.8 Å². The summed E-state index contributed by atoms with van der Waals surface area (Å²) < 4.78 is 0. The minimum Gasteiger partial charge on any atom is -0.368 e. The second-order valence-corrected chi connectivity index (χ2v) is 5.47. The number of rotatable bonds is 8. The van der Waals surface area contributed by atoms with Gasteiger partial charge in [-0.15, -0.1) is 0 Å². The van der Waals surface area contributed by atoms with Gasteiger partial charge < -0.3 is 16.8 Å². The van der Waals surface area contributed by atoms with Gasteiger partial charge in [-0.2, -0.15) is 11.8 Å². The molecule has 0 unspecified atom stereocenters. The van der Waals surface area contributed by atoms with Gasteiger partial charge in [-0.1, -0.05) is 13.8 Å². The Balaban J connectivity index is 4.24. The van der Waals surface area contributed by atoms with Crippen LogP contribution in [0.25, 0.3) is 0 Å². The first kappa shape index (κ1) is 16.2. The Kier molecular flexibility index (Phi) is 7.99. The molecule has 5 nitrogen and oxygen atoms in total. The fraction of sp³-hybridized carbons (Fsp3) is 0.818. The van der Waals surface area contributed by atoms with Crippen molar-refractivity contribution in [3.05, 3.63) is 0 Å². The van der Waals surface area contributed by atoms with Crippen molar-refractivity contribution in [3.63, 3.8) is 0 Å². The second kappa shape index (κ2) is 8.36. The predicted molar refractivity (Wildman–Crippen MR) is 71.6 cm³/mol. The van der Waals surface area contributed by atoms with Gasteiger partial charge in [0.1, 0.15) is 6.04 Å². The van der Waals surface area contributed by atoms with Gasteiger partial charge in [0.2, 0.25) is 11.8 Å². The van der Waals surface area contributed by atoms with Gasteiger partial charge in [0.05, 0.1) is 6.04 Å². The van der Waals surface area contributed by atoms with E-state index in [2.05, 4.69) is 5.32 Å². The van der Waals surface area contributed by atoms with Gasteiger partial charge in [0.15, 0.2) is 0 Å². The molecule has 6 heteroatoms. The molecule has 5 N–H and O–H groups in total. The Hall–Kier alpha value is -0.750. The van der Waals surface area contributed by atoms with Crippen LogP contribution in [0, 0.1) is 5.92 Å². The quantitative estimate of drug-likeness (QED) is 0.576. The van der Waals surface area contributed by atoms with E-state index >= 15 is 0 Å². The predicted octanol–water partition coefficient (Wildman–Crippen LogP) is 0.0830. The monoisotopic (exact) mass is 261 g/mol. The van der Waals surface area contributed by atoms with E-state index in [4.69, 9.17) is 11.5 Å². The van der Waals surface area contributed by atoms with Crippen LogP contribution in [-0.4, -0.2) is 35.9 Å². The largest absolute Gasteiger partial charge is 0.368 e. The SMILES string of the molecule is CSCC[C@H](NC(=O)[C@@H](N)CC(C)C)C(N)=O. The number of thioether (sulfide) groups is 1. The Morgan fingerprint density at radius 2 is 1.94 bits per heavy atom. The van der Waals surface area contributed by atoms with Gasteiger partial charge >= 0.3 is 0 Å². The van der Waals surface area contributed by atoms with Crippen LogP contribution in [-0.2, 0) is 9.59 Å². The van der Waals surface area contributed by atoms with E-state index in [1.54, 1.807) is 11.8 Å². The number of nitrogens with one attached hydrogen (secondary N) is 1. The lowest BCUT2D eigenvalue weighted by Gasteiger charge is -2.19. The summed E-state index contributed by atoms with van der Waals surface area (Å²) in [6.07, 6.45) is 3.07. The minimum atomic E-state index is -0.617. The van der Waals surface area contributed by atoms with Crippen molar-refractivity contribution in [1.29, 1.82) is 0 Å². The number of primary amides is 1. The average Bonchev–Trinajstić information content (AvgIpc) is 2.22. The smallest absolute Gasteiger partial charge is 0.240 e. The molecule has 0 spiro atoms. The van der Waals surface area contributed by atoms with Crippen molar-refractivity contribution in [1.82, 2.24) is 5.32 Å². The summed E-state index contributed by atoms with van der Waals surface area (Å²) in [5, 5.41) is 2.60. The van der Waals surface area contributed by atoms with Crippen molar-refractivity contribution in [2.75, 3.05) is 12.0 Å². The topological polar surface area (TPSA) is 98.2 Å². The van der Waals surface area contributed by atoms with E-state index in [9.17, 15) is 9.59 Å². The zero-order chi connectivity index (χ0) is 13.4. The Bertz CT molecular complexity index is 259. The summed E-state index contributed by atoms with van der Waals surface area (Å²) in [6, 6.07) is -1.20. The van der Waals surface area contributed by atoms with Crippen molar-refractivity contribution in [3.8, 4) is 0 Å². The van der Waals surface area contributed by atoms with Crippen LogP contribution in [0.15, 0.2) is 0 Å². The first-order valence-corrected chi connectivity index (χ1v) is 7.12. The number of carbonyl (C=O) groups is 2. The maximum absolute atomic E-state index is 11.7. The highest BCUT2D eigenvalue weighted by atomic mass is 32.2. The highest BCUT2D eigenvalue weighted by Gasteiger charge is 2.21. The second-order valence-electron chi connectivity index (χ2n) is 4.48. The van der Waals surface area contributed by atoms with E-state index in [0.717, 1.165) is 5.75 Å². The fourth-order valence-corrected chi connectivity index (χ4v) is 1.89. The molecule has 0 aliphatic carbocycles. The maximum atomic E-state index is 11.7. The molecule has 0 saturated carbocycles. The molecule has 0 fully saturated rings. The summed E-state index contributed by atoms with van der Waals surface area (Å²) in [5.74, 6) is 0.301. The Morgan fingerprint density at radius 3 is 2.35 bits per heavy atom. The normalized spacial score (nSPS) is 14.4. The van der Waals surface area contributed by atoms with E-state index in [-0.39, 0.29) is 5.91 Å². The van der Waals surface area contributed by atoms with Crippen molar-refractivity contribution < 1.29 is 9.59 Å². The first-order valence-electron chi connectivity index (χ1n) is 5.72. The molecule has 0 rings (SSSR count). The molecule has 0 heterocycles. The van der Waals surface area contributed by atoms with Crippen LogP contribution in [0.4, 0.5) is 0 Å². The summed E-state index contributed by atoms with van der Waals surface area (Å²) in [4.78, 5) is 22.8. The highest BCUT2D eigenvalue weighted by Crippen LogP contribution is 2.04. The number of carbonyl (C=O) groups excluding carboxylic acids is 2. The Labute approximate surface area is 107 Å². The molecule has 0 radical (unpaired) electrons. The van der Waals surface area contributed by atoms with Gasteiger partial charge in [-0.3, -0.25) is 9.59 Å². The van der Waals surface area contributed by atoms with Gasteiger partial charge in [0.25, 0.3) is 0 Å². The summed E-state index contributed by atoms with van der Waals surface area (Å²) in [5.41, 5.74) is 10.9. The maximum Gasteiger partial charge on any atom is 0.240 e. The molecular weight excluding hydrogens is 238 g/mol. The zero-order valence-corrected chi connectivity index (χ0v) is 11.5. The van der Waals surface area contributed by atoms with Crippen molar-refractivity contribution in [2.24, 2.45) is 17.4 Å². The summed E-state index contributed by atoms with van der Waals surface area (Å²) >= 11 is 1.60. The third-order valence-corrected chi connectivity index (χ3v) is 2.98. The fourth-order valence-electron chi connectivity index (χ4n) is 1.41. The lowest BCUT2D eigenvalue weighted by atomic mass is 10.0. The lowest BCUT2D eigenvalue weighted by molar-refractivity contribution is -0.128. The van der Waals surface area contributed by atoms with Crippen LogP contribution in [0.5, 0.6) is 0 Å². The molecule has 0 saturated heterocycles. The number of hydrogen-bond donors (Lipinski definition) is 3. The molecule has 2 amide bonds. The van der Waals surface area contributed by atoms with Crippen LogP contribution in [0.3, 0.4) is 0 Å². The first-order chi connectivity index (χ1) is 7.88. The zero-order valence-electron chi connectivity index (χ0n) is 10.7. The number of hydrogen-bond acceptors (Lipinski definition) is 4. The molecule has 0 aliphatic heterocycles. The van der Waals surface area contributed by atoms with E-state index in [1.807, 2.05) is 20.1 Å². The summed E-state index contributed by atoms with van der Waals surface area (Å²) in [7, 11) is 0. The molecule has 0 bridgehead atoms. The van der Waals surface area contributed by atoms with Crippen LogP contribution < -0.4 is 16.8 Å². The van der Waals surface area contributed by atoms with Crippen LogP contribution in [0.1, 0.15) is 26.7 Å². The third-order valence-electron chi connectivity index (χ3n) is 2.33. The number of amides is 2. The minimum absolute atomic E-state index is 0.302. The summed E-state index contributed by atoms with van der Waals surface area (Å²) in [6.45, 7) is 3.98. The molecule has 17 heavy (non-hydrogen) atoms. The molecule has 2 atom stereocenters. The molecular formula is C11H23N3O2S. The number of nitrogens with two attached hydrogens (primary N) is 2. The highest BCUT2D eigenvalue weighted by molar-refractivity contribution is 7.98. The standard InChI is InChI=1S/C11H23N3O2S/c1-7(2)6-8(12)11(16)14-9(10(13)15)4-5-17-3/h7-9H,4-6,12H2,1-3H3,(H2,13,15)(H,14,16)/t8-,9-/m0/s1. The molecule has 0 aliphatic rings. The van der Waals surface area contributed by atoms with Gasteiger partial charge in [0, 0.05) is 0 Å².